The molecule has 1 heterocycles. The smallest absolute Gasteiger partial charge is 0.136 e. The molecule has 42 valence electrons. The molecule has 0 bridgehead atoms. The third-order valence-electron chi connectivity index (χ3n) is 0.803. The van der Waals surface area contributed by atoms with Crippen LogP contribution in [0.15, 0.2) is 18.3 Å². The fourth-order valence-corrected chi connectivity index (χ4v) is 0.342. The number of nitrogens with zero attached hydrogens (tertiary/aromatic N) is 1. The maximum atomic E-state index is 9.06. The number of pyridine rings is 1. The van der Waals surface area contributed by atoms with Crippen LogP contribution in [0.1, 0.15) is 9.81 Å². The molecular formula is C6H7NO. The van der Waals surface area contributed by atoms with Crippen molar-refractivity contribution in [2.75, 3.05) is 0 Å². The summed E-state index contributed by atoms with van der Waals surface area (Å²) in [7, 11) is 0. The van der Waals surface area contributed by atoms with Gasteiger partial charge < -0.3 is 5.11 Å². The van der Waals surface area contributed by atoms with Gasteiger partial charge in [0.05, 0.1) is 9.81 Å². The highest BCUT2D eigenvalue weighted by atomic mass is 16.3. The first kappa shape index (κ1) is 2.49. The van der Waals surface area contributed by atoms with Gasteiger partial charge >= 0.3 is 0 Å². The van der Waals surface area contributed by atoms with Crippen LogP contribution < -0.4 is 0 Å². The third-order valence-corrected chi connectivity index (χ3v) is 0.803. The van der Waals surface area contributed by atoms with Crippen molar-refractivity contribution in [3.05, 3.63) is 24.0 Å². The van der Waals surface area contributed by atoms with Crippen molar-refractivity contribution in [1.29, 1.82) is 0 Å². The molecule has 0 saturated carbocycles. The van der Waals surface area contributed by atoms with Crippen molar-refractivity contribution in [1.82, 2.24) is 4.98 Å². The lowest BCUT2D eigenvalue weighted by Gasteiger charge is -1.91. The van der Waals surface area contributed by atoms with E-state index in [1.165, 1.54) is 6.92 Å². The SMILES string of the molecule is [2H]c1nc(C)c(O)c([2H])c1[2H]. The Balaban J connectivity index is 3.46. The van der Waals surface area contributed by atoms with Crippen LogP contribution in [0, 0.1) is 6.92 Å². The normalized spacial score (nSPS) is 14.4. The lowest BCUT2D eigenvalue weighted by Crippen LogP contribution is -1.76. The van der Waals surface area contributed by atoms with Crippen LogP contribution >= 0.6 is 0 Å². The van der Waals surface area contributed by atoms with Crippen molar-refractivity contribution < 1.29 is 9.22 Å². The molecule has 1 rings (SSSR count). The summed E-state index contributed by atoms with van der Waals surface area (Å²) >= 11 is 0. The van der Waals surface area contributed by atoms with Gasteiger partial charge in [-0.25, -0.2) is 0 Å². The van der Waals surface area contributed by atoms with E-state index in [0.717, 1.165) is 0 Å². The molecule has 8 heavy (non-hydrogen) atoms. The summed E-state index contributed by atoms with van der Waals surface area (Å²) in [6.45, 7) is 1.49. The van der Waals surface area contributed by atoms with E-state index in [2.05, 4.69) is 4.98 Å². The van der Waals surface area contributed by atoms with E-state index in [1.54, 1.807) is 0 Å². The second kappa shape index (κ2) is 1.82. The highest BCUT2D eigenvalue weighted by molar-refractivity contribution is 5.22. The average molecular weight is 112 g/mol. The molecule has 0 radical (unpaired) electrons. The number of aryl methyl sites for hydroxylation is 1. The predicted octanol–water partition coefficient (Wildman–Crippen LogP) is 1.10. The Kier molecular flexibility index (Phi) is 0.565. The molecule has 0 amide bonds. The second-order valence-electron chi connectivity index (χ2n) is 1.41. The second-order valence-corrected chi connectivity index (χ2v) is 1.41. The zero-order valence-corrected chi connectivity index (χ0v) is 4.39. The third kappa shape index (κ3) is 0.780. The average Bonchev–Trinajstić information content (AvgIpc) is 1.97. The molecule has 1 aromatic heterocycles. The molecule has 1 N–H and O–H groups in total. The van der Waals surface area contributed by atoms with Gasteiger partial charge in [-0.2, -0.15) is 0 Å². The van der Waals surface area contributed by atoms with Gasteiger partial charge in [0, 0.05) is 6.17 Å². The fourth-order valence-electron chi connectivity index (χ4n) is 0.342. The van der Waals surface area contributed by atoms with Crippen molar-refractivity contribution >= 4 is 0 Å². The summed E-state index contributed by atoms with van der Waals surface area (Å²) in [4.78, 5) is 3.54. The molecule has 0 aliphatic carbocycles. The predicted molar refractivity (Wildman–Crippen MR) is 30.6 cm³/mol. The largest absolute Gasteiger partial charge is 0.506 e. The first-order chi connectivity index (χ1) is 5.04. The molecule has 1 aromatic rings. The van der Waals surface area contributed by atoms with Crippen LogP contribution in [0.2, 0.25) is 0 Å². The first-order valence-electron chi connectivity index (χ1n) is 3.67. The molecule has 2 heteroatoms. The molecule has 0 saturated heterocycles. The van der Waals surface area contributed by atoms with E-state index >= 15 is 0 Å². The molecule has 0 aromatic carbocycles. The number of rotatable bonds is 0. The molecular weight excluding hydrogens is 102 g/mol. The molecule has 0 aliphatic heterocycles. The lowest BCUT2D eigenvalue weighted by molar-refractivity contribution is 0.467. The Morgan fingerprint density at radius 1 is 1.88 bits per heavy atom. The van der Waals surface area contributed by atoms with E-state index in [1.807, 2.05) is 0 Å². The number of aromatic hydroxyl groups is 1. The van der Waals surface area contributed by atoms with Crippen LogP contribution in [0.5, 0.6) is 5.75 Å². The molecule has 0 fully saturated rings. The summed E-state index contributed by atoms with van der Waals surface area (Å²) in [5, 5.41) is 9.06. The Morgan fingerprint density at radius 2 is 2.62 bits per heavy atom. The van der Waals surface area contributed by atoms with Crippen molar-refractivity contribution in [2.45, 2.75) is 6.92 Å². The minimum atomic E-state index is -0.340. The van der Waals surface area contributed by atoms with Crippen LogP contribution in [-0.2, 0) is 0 Å². The van der Waals surface area contributed by atoms with Gasteiger partial charge in [0.15, 0.2) is 0 Å². The quantitative estimate of drug-likeness (QED) is 0.545. The summed E-state index contributed by atoms with van der Waals surface area (Å²) in [6.07, 6.45) is -0.273. The van der Waals surface area contributed by atoms with Gasteiger partial charge in [-0.15, -0.1) is 0 Å². The Hall–Kier alpha value is -1.05. The van der Waals surface area contributed by atoms with Crippen LogP contribution in [-0.4, -0.2) is 10.1 Å². The van der Waals surface area contributed by atoms with Crippen LogP contribution in [0.3, 0.4) is 0 Å². The summed E-state index contributed by atoms with van der Waals surface area (Å²) in [6, 6.07) is -0.671. The monoisotopic (exact) mass is 112 g/mol. The molecule has 0 aliphatic rings. The molecule has 2 nitrogen and oxygen atoms in total. The Morgan fingerprint density at radius 3 is 3.38 bits per heavy atom. The van der Waals surface area contributed by atoms with Crippen molar-refractivity contribution in [3.63, 3.8) is 0 Å². The highest BCUT2D eigenvalue weighted by Crippen LogP contribution is 2.08. The number of hydrogen-bond donors (Lipinski definition) is 1. The Labute approximate surface area is 52.0 Å². The molecule has 0 unspecified atom stereocenters. The summed E-state index contributed by atoms with van der Waals surface area (Å²) in [5.41, 5.74) is 0.219. The van der Waals surface area contributed by atoms with Crippen molar-refractivity contribution in [2.24, 2.45) is 0 Å². The van der Waals surface area contributed by atoms with E-state index in [4.69, 9.17) is 9.22 Å². The maximum absolute atomic E-state index is 9.06. The fraction of sp³-hybridized carbons (Fsp3) is 0.167. The summed E-state index contributed by atoms with van der Waals surface area (Å²) < 4.78 is 21.3. The van der Waals surface area contributed by atoms with Crippen molar-refractivity contribution in [3.8, 4) is 5.75 Å². The highest BCUT2D eigenvalue weighted by Gasteiger charge is 1.88. The van der Waals surface area contributed by atoms with E-state index in [9.17, 15) is 0 Å². The van der Waals surface area contributed by atoms with E-state index < -0.39 is 0 Å². The van der Waals surface area contributed by atoms with Gasteiger partial charge in [-0.1, -0.05) is 0 Å². The molecule has 0 spiro atoms. The van der Waals surface area contributed by atoms with Gasteiger partial charge in [0.2, 0.25) is 0 Å². The van der Waals surface area contributed by atoms with Gasteiger partial charge in [-0.3, -0.25) is 4.98 Å². The van der Waals surface area contributed by atoms with E-state index in [-0.39, 0.29) is 29.7 Å². The van der Waals surface area contributed by atoms with Gasteiger partial charge in [-0.05, 0) is 19.0 Å². The molecule has 0 atom stereocenters. The maximum Gasteiger partial charge on any atom is 0.136 e. The minimum Gasteiger partial charge on any atom is -0.506 e. The zero-order valence-electron chi connectivity index (χ0n) is 7.39. The lowest BCUT2D eigenvalue weighted by atomic mass is 10.3. The van der Waals surface area contributed by atoms with Crippen LogP contribution in [0.4, 0.5) is 0 Å². The summed E-state index contributed by atoms with van der Waals surface area (Å²) in [5.74, 6) is -0.314. The number of aromatic nitrogens is 1. The van der Waals surface area contributed by atoms with Gasteiger partial charge in [0.1, 0.15) is 5.75 Å². The first-order valence-corrected chi connectivity index (χ1v) is 2.17. The minimum absolute atomic E-state index is 0.219. The topological polar surface area (TPSA) is 33.1 Å². The van der Waals surface area contributed by atoms with Crippen LogP contribution in [0.25, 0.3) is 0 Å². The number of hydrogen-bond acceptors (Lipinski definition) is 2. The zero-order chi connectivity index (χ0) is 8.59. The standard InChI is InChI=1S/C6H7NO/c1-5-6(8)3-2-4-7-5/h2-4,8H,1H3/i2D,3D,4D. The van der Waals surface area contributed by atoms with Gasteiger partial charge in [0.25, 0.3) is 0 Å². The van der Waals surface area contributed by atoms with E-state index in [0.29, 0.717) is 0 Å². The Bertz CT molecular complexity index is 274.